The third-order valence-electron chi connectivity index (χ3n) is 6.21. The van der Waals surface area contributed by atoms with E-state index in [2.05, 4.69) is 10.6 Å². The van der Waals surface area contributed by atoms with Crippen molar-refractivity contribution in [3.63, 3.8) is 0 Å². The van der Waals surface area contributed by atoms with E-state index in [-0.39, 0.29) is 21.3 Å². The van der Waals surface area contributed by atoms with Crippen LogP contribution in [-0.4, -0.2) is 28.2 Å². The van der Waals surface area contributed by atoms with Gasteiger partial charge in [0.15, 0.2) is 0 Å². The van der Waals surface area contributed by atoms with Crippen LogP contribution in [0.25, 0.3) is 0 Å². The molecule has 1 aliphatic carbocycles. The molecule has 6 nitrogen and oxygen atoms in total. The number of hydrogen-bond acceptors (Lipinski definition) is 3. The maximum Gasteiger partial charge on any atom is 0.471 e. The third kappa shape index (κ3) is 7.11. The lowest BCUT2D eigenvalue weighted by atomic mass is 10.1. The van der Waals surface area contributed by atoms with Gasteiger partial charge in [-0.3, -0.25) is 14.4 Å². The average Bonchev–Trinajstić information content (AvgIpc) is 3.48. The molecule has 228 valence electrons. The molecule has 0 bridgehead atoms. The minimum Gasteiger partial charge on any atom is -0.326 e. The highest BCUT2D eigenvalue weighted by molar-refractivity contribution is 6.53. The standard InChI is InChI=1S/C26H14Cl4F7N3O3/c27-15-4-2-11(39-22(42)20-19(24(20,29)30)10-1-5-17(31)16(28)7-10)8-13(15)21(41)38-12-3-6-18(14(9-12)25(32,33)34)40-23(43)26(35,36)37/h1-9,19-20H,(H,38,41)(H,39,42)(H,40,43). The molecule has 0 aromatic heterocycles. The first kappa shape index (κ1) is 32.6. The zero-order valence-corrected chi connectivity index (χ0v) is 23.8. The van der Waals surface area contributed by atoms with E-state index in [1.807, 2.05) is 0 Å². The number of nitrogens with one attached hydrogen (secondary N) is 3. The fourth-order valence-electron chi connectivity index (χ4n) is 4.13. The van der Waals surface area contributed by atoms with Gasteiger partial charge in [0, 0.05) is 17.3 Å². The molecule has 1 saturated carbocycles. The van der Waals surface area contributed by atoms with Crippen LogP contribution in [0.2, 0.25) is 10.0 Å². The summed E-state index contributed by atoms with van der Waals surface area (Å²) in [5.74, 6) is -6.81. The van der Waals surface area contributed by atoms with Crippen LogP contribution in [0.5, 0.6) is 0 Å². The zero-order valence-electron chi connectivity index (χ0n) is 20.7. The van der Waals surface area contributed by atoms with Gasteiger partial charge < -0.3 is 16.0 Å². The first-order valence-corrected chi connectivity index (χ1v) is 13.2. The molecule has 4 rings (SSSR count). The van der Waals surface area contributed by atoms with E-state index in [0.29, 0.717) is 17.7 Å². The van der Waals surface area contributed by atoms with Crippen molar-refractivity contribution in [1.82, 2.24) is 0 Å². The Balaban J connectivity index is 1.52. The van der Waals surface area contributed by atoms with Crippen molar-refractivity contribution >= 4 is 81.2 Å². The number of amides is 3. The molecule has 3 amide bonds. The minimum atomic E-state index is -5.45. The normalized spacial score (nSPS) is 17.7. The Morgan fingerprint density at radius 3 is 2.00 bits per heavy atom. The van der Waals surface area contributed by atoms with Crippen molar-refractivity contribution in [3.05, 3.63) is 87.2 Å². The number of halogens is 11. The Hall–Kier alpha value is -3.26. The smallest absolute Gasteiger partial charge is 0.326 e. The molecule has 0 saturated heterocycles. The van der Waals surface area contributed by atoms with Crippen molar-refractivity contribution in [1.29, 1.82) is 0 Å². The van der Waals surface area contributed by atoms with Crippen LogP contribution in [0.3, 0.4) is 0 Å². The molecule has 2 atom stereocenters. The summed E-state index contributed by atoms with van der Waals surface area (Å²) in [7, 11) is 0. The lowest BCUT2D eigenvalue weighted by Gasteiger charge is -2.17. The molecule has 0 spiro atoms. The van der Waals surface area contributed by atoms with Crippen molar-refractivity contribution in [2.75, 3.05) is 16.0 Å². The first-order valence-electron chi connectivity index (χ1n) is 11.6. The molecule has 0 aliphatic heterocycles. The summed E-state index contributed by atoms with van der Waals surface area (Å²) in [6.45, 7) is 0. The second-order valence-electron chi connectivity index (χ2n) is 9.15. The molecule has 43 heavy (non-hydrogen) atoms. The lowest BCUT2D eigenvalue weighted by molar-refractivity contribution is -0.167. The quantitative estimate of drug-likeness (QED) is 0.179. The summed E-state index contributed by atoms with van der Waals surface area (Å²) in [6, 6.07) is 9.04. The summed E-state index contributed by atoms with van der Waals surface area (Å²) in [5.41, 5.74) is -3.24. The first-order chi connectivity index (χ1) is 19.8. The number of carbonyl (C=O) groups excluding carboxylic acids is 3. The Labute approximate surface area is 257 Å². The highest BCUT2D eigenvalue weighted by Gasteiger charge is 2.67. The zero-order chi connectivity index (χ0) is 32.1. The van der Waals surface area contributed by atoms with E-state index in [9.17, 15) is 45.1 Å². The summed E-state index contributed by atoms with van der Waals surface area (Å²) in [6.07, 6.45) is -10.7. The lowest BCUT2D eigenvalue weighted by Crippen LogP contribution is -2.31. The molecule has 1 aliphatic rings. The Morgan fingerprint density at radius 1 is 0.767 bits per heavy atom. The van der Waals surface area contributed by atoms with E-state index in [0.717, 1.165) is 23.5 Å². The van der Waals surface area contributed by atoms with E-state index in [1.165, 1.54) is 24.3 Å². The van der Waals surface area contributed by atoms with Gasteiger partial charge in [-0.15, -0.1) is 23.2 Å². The van der Waals surface area contributed by atoms with Crippen molar-refractivity contribution in [2.45, 2.75) is 22.6 Å². The largest absolute Gasteiger partial charge is 0.471 e. The molecule has 1 fully saturated rings. The van der Waals surface area contributed by atoms with Crippen molar-refractivity contribution in [3.8, 4) is 0 Å². The molecule has 3 aromatic rings. The summed E-state index contributed by atoms with van der Waals surface area (Å²) < 4.78 is 90.2. The fourth-order valence-corrected chi connectivity index (χ4v) is 5.35. The van der Waals surface area contributed by atoms with E-state index in [1.54, 1.807) is 0 Å². The monoisotopic (exact) mass is 689 g/mol. The van der Waals surface area contributed by atoms with Gasteiger partial charge in [-0.05, 0) is 54.1 Å². The fraction of sp³-hybridized carbons (Fsp3) is 0.192. The third-order valence-corrected chi connectivity index (χ3v) is 7.77. The number of hydrogen-bond donors (Lipinski definition) is 3. The maximum atomic E-state index is 13.5. The van der Waals surface area contributed by atoms with Crippen LogP contribution in [0.4, 0.5) is 47.8 Å². The molecule has 2 unspecified atom stereocenters. The average molecular weight is 691 g/mol. The van der Waals surface area contributed by atoms with Gasteiger partial charge in [-0.25, -0.2) is 4.39 Å². The Bertz CT molecular complexity index is 1630. The van der Waals surface area contributed by atoms with Crippen LogP contribution in [0, 0.1) is 11.7 Å². The highest BCUT2D eigenvalue weighted by Crippen LogP contribution is 2.65. The van der Waals surface area contributed by atoms with Gasteiger partial charge in [0.2, 0.25) is 5.91 Å². The van der Waals surface area contributed by atoms with E-state index >= 15 is 0 Å². The van der Waals surface area contributed by atoms with Gasteiger partial charge >= 0.3 is 18.3 Å². The van der Waals surface area contributed by atoms with Gasteiger partial charge in [0.25, 0.3) is 5.91 Å². The molecular formula is C26H14Cl4F7N3O3. The van der Waals surface area contributed by atoms with Crippen LogP contribution in [0.1, 0.15) is 27.4 Å². The number of anilines is 3. The summed E-state index contributed by atoms with van der Waals surface area (Å²) >= 11 is 24.5. The van der Waals surface area contributed by atoms with Gasteiger partial charge in [0.1, 0.15) is 10.2 Å². The Morgan fingerprint density at radius 2 is 1.40 bits per heavy atom. The second kappa shape index (κ2) is 11.7. The minimum absolute atomic E-state index is 0.0210. The number of alkyl halides is 8. The molecule has 17 heteroatoms. The summed E-state index contributed by atoms with van der Waals surface area (Å²) in [4.78, 5) is 37.0. The van der Waals surface area contributed by atoms with Crippen molar-refractivity contribution < 1.29 is 45.1 Å². The van der Waals surface area contributed by atoms with E-state index < -0.39 is 69.0 Å². The predicted molar refractivity (Wildman–Crippen MR) is 146 cm³/mol. The molecule has 3 aromatic carbocycles. The molecular weight excluding hydrogens is 677 g/mol. The van der Waals surface area contributed by atoms with E-state index in [4.69, 9.17) is 46.4 Å². The second-order valence-corrected chi connectivity index (χ2v) is 11.4. The van der Waals surface area contributed by atoms with Gasteiger partial charge in [-0.1, -0.05) is 29.3 Å². The van der Waals surface area contributed by atoms with Crippen LogP contribution >= 0.6 is 46.4 Å². The van der Waals surface area contributed by atoms with Gasteiger partial charge in [-0.2, -0.15) is 26.3 Å². The van der Waals surface area contributed by atoms with Crippen molar-refractivity contribution in [2.24, 2.45) is 5.92 Å². The van der Waals surface area contributed by atoms with Crippen LogP contribution in [0.15, 0.2) is 54.6 Å². The molecule has 0 heterocycles. The molecule has 3 N–H and O–H groups in total. The summed E-state index contributed by atoms with van der Waals surface area (Å²) in [5, 5.41) is 5.40. The SMILES string of the molecule is O=C(Nc1ccc(NC(=O)C(F)(F)F)c(C(F)(F)F)c1)c1cc(NC(=O)C2C(c3ccc(F)c(Cl)c3)C2(Cl)Cl)ccc1Cl. The highest BCUT2D eigenvalue weighted by atomic mass is 35.5. The number of rotatable bonds is 6. The van der Waals surface area contributed by atoms with Crippen LogP contribution < -0.4 is 16.0 Å². The molecule has 0 radical (unpaired) electrons. The topological polar surface area (TPSA) is 87.3 Å². The predicted octanol–water partition coefficient (Wildman–Crippen LogP) is 8.43. The van der Waals surface area contributed by atoms with Gasteiger partial charge in [0.05, 0.1) is 32.8 Å². The number of benzene rings is 3. The van der Waals surface area contributed by atoms with Crippen LogP contribution in [-0.2, 0) is 15.8 Å². The number of carbonyl (C=O) groups is 3. The maximum absolute atomic E-state index is 13.5. The Kier molecular flexibility index (Phi) is 8.87.